The first-order valence-electron chi connectivity index (χ1n) is 5.34. The van der Waals surface area contributed by atoms with Crippen LogP contribution in [0, 0.1) is 6.33 Å². The number of alkyl halides is 6. The van der Waals surface area contributed by atoms with Gasteiger partial charge in [0.1, 0.15) is 0 Å². The molecule has 0 spiro atoms. The van der Waals surface area contributed by atoms with E-state index >= 15 is 0 Å². The monoisotopic (exact) mass is 294 g/mol. The van der Waals surface area contributed by atoms with Crippen LogP contribution in [0.15, 0.2) is 30.6 Å². The maximum atomic E-state index is 12.9. The largest absolute Gasteiger partial charge is 0.416 e. The fourth-order valence-electron chi connectivity index (χ4n) is 1.69. The van der Waals surface area contributed by atoms with Gasteiger partial charge in [0.2, 0.25) is 6.33 Å². The molecule has 0 unspecified atom stereocenters. The summed E-state index contributed by atoms with van der Waals surface area (Å²) in [6.45, 7) is 0. The van der Waals surface area contributed by atoms with E-state index in [0.717, 1.165) is 10.6 Å². The molecule has 20 heavy (non-hydrogen) atoms. The average Bonchev–Trinajstić information content (AvgIpc) is 2.72. The predicted molar refractivity (Wildman–Crippen MR) is 55.8 cm³/mol. The molecule has 108 valence electrons. The van der Waals surface area contributed by atoms with E-state index in [1.807, 2.05) is 0 Å². The van der Waals surface area contributed by atoms with Crippen LogP contribution in [0.2, 0.25) is 0 Å². The van der Waals surface area contributed by atoms with Gasteiger partial charge in [0.05, 0.1) is 23.9 Å². The minimum Gasteiger partial charge on any atom is -0.326 e. The van der Waals surface area contributed by atoms with Crippen molar-refractivity contribution in [2.24, 2.45) is 7.05 Å². The molecule has 0 amide bonds. The summed E-state index contributed by atoms with van der Waals surface area (Å²) in [5.41, 5.74) is -3.11. The standard InChI is InChI=1S/C12H8F6N2/c1-19-4-5-20(7-19)10-3-2-8(11(13,14)15)6-9(10)12(16,17)18/h2-6H,1H3. The zero-order valence-electron chi connectivity index (χ0n) is 10.0. The lowest BCUT2D eigenvalue weighted by atomic mass is 10.1. The van der Waals surface area contributed by atoms with Crippen LogP contribution in [0.4, 0.5) is 26.3 Å². The summed E-state index contributed by atoms with van der Waals surface area (Å²) in [6.07, 6.45) is -4.51. The number of hydrogen-bond donors (Lipinski definition) is 0. The first-order valence-corrected chi connectivity index (χ1v) is 5.34. The summed E-state index contributed by atoms with van der Waals surface area (Å²) < 4.78 is 78.6. The Hall–Kier alpha value is -1.99. The van der Waals surface area contributed by atoms with Gasteiger partial charge in [0, 0.05) is 12.4 Å². The van der Waals surface area contributed by atoms with Crippen LogP contribution >= 0.6 is 0 Å². The Morgan fingerprint density at radius 3 is 2.15 bits per heavy atom. The summed E-state index contributed by atoms with van der Waals surface area (Å²) in [7, 11) is 1.54. The zero-order valence-corrected chi connectivity index (χ0v) is 10.0. The zero-order chi connectivity index (χ0) is 15.1. The van der Waals surface area contributed by atoms with Crippen molar-refractivity contribution in [3.63, 3.8) is 0 Å². The maximum absolute atomic E-state index is 12.9. The van der Waals surface area contributed by atoms with Crippen molar-refractivity contribution in [2.45, 2.75) is 12.4 Å². The van der Waals surface area contributed by atoms with Gasteiger partial charge < -0.3 is 9.13 Å². The van der Waals surface area contributed by atoms with Crippen LogP contribution in [-0.2, 0) is 19.4 Å². The molecule has 0 fully saturated rings. The van der Waals surface area contributed by atoms with Gasteiger partial charge in [0.25, 0.3) is 0 Å². The molecular formula is C12H8F6N2. The minimum absolute atomic E-state index is 0.100. The van der Waals surface area contributed by atoms with Crippen molar-refractivity contribution in [1.82, 2.24) is 4.57 Å². The number of nitrogens with zero attached hydrogens (tertiary/aromatic N) is 2. The van der Waals surface area contributed by atoms with Crippen molar-refractivity contribution in [3.8, 4) is 5.69 Å². The van der Waals surface area contributed by atoms with E-state index in [0.29, 0.717) is 6.07 Å². The second-order valence-corrected chi connectivity index (χ2v) is 4.11. The molecule has 1 aromatic carbocycles. The van der Waals surface area contributed by atoms with E-state index in [9.17, 15) is 26.3 Å². The van der Waals surface area contributed by atoms with Crippen LogP contribution in [0.1, 0.15) is 11.1 Å². The van der Waals surface area contributed by atoms with Crippen molar-refractivity contribution < 1.29 is 30.9 Å². The normalized spacial score (nSPS) is 12.8. The Labute approximate surface area is 109 Å². The molecular weight excluding hydrogens is 286 g/mol. The molecule has 0 aliphatic carbocycles. The fourth-order valence-corrected chi connectivity index (χ4v) is 1.69. The molecule has 1 aromatic heterocycles. The number of halogens is 6. The predicted octanol–water partition coefficient (Wildman–Crippen LogP) is 3.14. The van der Waals surface area contributed by atoms with Crippen molar-refractivity contribution in [2.75, 3.05) is 0 Å². The minimum atomic E-state index is -4.90. The van der Waals surface area contributed by atoms with Crippen molar-refractivity contribution in [1.29, 1.82) is 0 Å². The lowest BCUT2D eigenvalue weighted by Gasteiger charge is -2.16. The van der Waals surface area contributed by atoms with Gasteiger partial charge in [-0.25, -0.2) is 0 Å². The number of aromatic nitrogens is 2. The third-order valence-corrected chi connectivity index (χ3v) is 2.59. The third kappa shape index (κ3) is 2.78. The van der Waals surface area contributed by atoms with Crippen LogP contribution in [0.3, 0.4) is 0 Å². The second-order valence-electron chi connectivity index (χ2n) is 4.11. The Balaban J connectivity index is 2.64. The number of hydrogen-bond acceptors (Lipinski definition) is 0. The fraction of sp³-hybridized carbons (Fsp3) is 0.250. The van der Waals surface area contributed by atoms with Gasteiger partial charge in [-0.1, -0.05) is 12.1 Å². The second kappa shape index (κ2) is 4.53. The molecule has 8 heteroatoms. The highest BCUT2D eigenvalue weighted by atomic mass is 19.4. The summed E-state index contributed by atoms with van der Waals surface area (Å²) in [4.78, 5) is 0. The van der Waals surface area contributed by atoms with Gasteiger partial charge in [0.15, 0.2) is 0 Å². The number of imidazole rings is 1. The number of aryl methyl sites for hydroxylation is 1. The van der Waals surface area contributed by atoms with Crippen LogP contribution in [0.25, 0.3) is 5.69 Å². The third-order valence-electron chi connectivity index (χ3n) is 2.59. The summed E-state index contributed by atoms with van der Waals surface area (Å²) in [5.74, 6) is 0. The highest BCUT2D eigenvalue weighted by Crippen LogP contribution is 2.38. The van der Waals surface area contributed by atoms with E-state index in [4.69, 9.17) is 0 Å². The van der Waals surface area contributed by atoms with E-state index < -0.39 is 29.2 Å². The van der Waals surface area contributed by atoms with Crippen LogP contribution in [-0.4, -0.2) is 4.57 Å². The Kier molecular flexibility index (Phi) is 3.27. The number of benzene rings is 1. The summed E-state index contributed by atoms with van der Waals surface area (Å²) >= 11 is 0. The summed E-state index contributed by atoms with van der Waals surface area (Å²) in [5, 5.41) is 0. The van der Waals surface area contributed by atoms with Crippen molar-refractivity contribution in [3.05, 3.63) is 48.0 Å². The van der Waals surface area contributed by atoms with E-state index in [1.165, 1.54) is 24.0 Å². The molecule has 0 saturated carbocycles. The van der Waals surface area contributed by atoms with Gasteiger partial charge in [-0.15, -0.1) is 0 Å². The number of rotatable bonds is 1. The molecule has 0 aliphatic rings. The first-order chi connectivity index (χ1) is 9.09. The maximum Gasteiger partial charge on any atom is 0.416 e. The molecule has 2 rings (SSSR count). The molecule has 0 saturated heterocycles. The highest BCUT2D eigenvalue weighted by molar-refractivity contribution is 5.45. The van der Waals surface area contributed by atoms with E-state index in [-0.39, 0.29) is 6.07 Å². The van der Waals surface area contributed by atoms with E-state index in [1.54, 1.807) is 0 Å². The lowest BCUT2D eigenvalue weighted by Crippen LogP contribution is -2.24. The van der Waals surface area contributed by atoms with Crippen LogP contribution < -0.4 is 4.57 Å². The van der Waals surface area contributed by atoms with E-state index in [2.05, 4.69) is 6.33 Å². The SMILES string of the molecule is C[n+]1[c-]n(-c2ccc(C(F)(F)F)cc2C(F)(F)F)cc1. The lowest BCUT2D eigenvalue weighted by molar-refractivity contribution is -0.674. The first kappa shape index (κ1) is 14.4. The topological polar surface area (TPSA) is 8.81 Å². The average molecular weight is 294 g/mol. The molecule has 0 bridgehead atoms. The molecule has 2 aromatic rings. The van der Waals surface area contributed by atoms with Gasteiger partial charge in [-0.05, 0) is 6.07 Å². The molecule has 0 N–H and O–H groups in total. The molecule has 1 heterocycles. The van der Waals surface area contributed by atoms with Crippen LogP contribution in [0.5, 0.6) is 0 Å². The molecule has 0 radical (unpaired) electrons. The Bertz CT molecular complexity index is 624. The smallest absolute Gasteiger partial charge is 0.326 e. The molecule has 0 aliphatic heterocycles. The Morgan fingerprint density at radius 1 is 1.05 bits per heavy atom. The molecule has 0 atom stereocenters. The van der Waals surface area contributed by atoms with Gasteiger partial charge in [-0.2, -0.15) is 26.3 Å². The Morgan fingerprint density at radius 2 is 1.70 bits per heavy atom. The molecule has 2 nitrogen and oxygen atoms in total. The quantitative estimate of drug-likeness (QED) is 0.434. The summed E-state index contributed by atoms with van der Waals surface area (Å²) in [6, 6.07) is 1.49. The highest BCUT2D eigenvalue weighted by Gasteiger charge is 2.38. The van der Waals surface area contributed by atoms with Gasteiger partial charge >= 0.3 is 12.4 Å². The van der Waals surface area contributed by atoms with Crippen molar-refractivity contribution >= 4 is 0 Å². The van der Waals surface area contributed by atoms with Gasteiger partial charge in [-0.3, -0.25) is 0 Å².